The normalized spacial score (nSPS) is 12.1. The lowest BCUT2D eigenvalue weighted by Crippen LogP contribution is -2.44. The first-order valence-corrected chi connectivity index (χ1v) is 7.41. The lowest BCUT2D eigenvalue weighted by molar-refractivity contribution is -0.140. The second-order valence-electron chi connectivity index (χ2n) is 4.94. The van der Waals surface area contributed by atoms with Gasteiger partial charge in [-0.2, -0.15) is 0 Å². The first kappa shape index (κ1) is 15.2. The summed E-state index contributed by atoms with van der Waals surface area (Å²) in [5.74, 6) is -1.70. The fourth-order valence-corrected chi connectivity index (χ4v) is 2.63. The van der Waals surface area contributed by atoms with Gasteiger partial charge in [-0.05, 0) is 5.92 Å². The Labute approximate surface area is 126 Å². The van der Waals surface area contributed by atoms with Gasteiger partial charge in [-0.3, -0.25) is 4.79 Å². The molecule has 2 aromatic rings. The van der Waals surface area contributed by atoms with Crippen LogP contribution in [0.1, 0.15) is 24.3 Å². The van der Waals surface area contributed by atoms with Gasteiger partial charge < -0.3 is 10.4 Å². The minimum absolute atomic E-state index is 0.196. The van der Waals surface area contributed by atoms with Crippen molar-refractivity contribution < 1.29 is 14.7 Å². The number of carbonyl (C=O) groups is 2. The van der Waals surface area contributed by atoms with Crippen LogP contribution >= 0.6 is 11.3 Å². The smallest absolute Gasteiger partial charge is 0.326 e. The number of thiazole rings is 1. The highest BCUT2D eigenvalue weighted by atomic mass is 32.1. The average molecular weight is 304 g/mol. The van der Waals surface area contributed by atoms with Gasteiger partial charge in [0, 0.05) is 10.9 Å². The summed E-state index contributed by atoms with van der Waals surface area (Å²) in [4.78, 5) is 27.4. The van der Waals surface area contributed by atoms with E-state index in [0.29, 0.717) is 0 Å². The first-order chi connectivity index (χ1) is 9.99. The maximum Gasteiger partial charge on any atom is 0.326 e. The van der Waals surface area contributed by atoms with Crippen molar-refractivity contribution in [2.75, 3.05) is 0 Å². The van der Waals surface area contributed by atoms with Crippen LogP contribution < -0.4 is 5.32 Å². The SMILES string of the molecule is CC(C)C(NC(=O)c1csc(-c2ccccc2)n1)C(=O)O. The second kappa shape index (κ2) is 6.49. The number of rotatable bonds is 5. The van der Waals surface area contributed by atoms with Gasteiger partial charge in [0.2, 0.25) is 0 Å². The Morgan fingerprint density at radius 3 is 2.48 bits per heavy atom. The monoisotopic (exact) mass is 304 g/mol. The van der Waals surface area contributed by atoms with Crippen LogP contribution in [-0.2, 0) is 4.79 Å². The molecule has 0 saturated carbocycles. The summed E-state index contributed by atoms with van der Waals surface area (Å²) in [7, 11) is 0. The van der Waals surface area contributed by atoms with E-state index in [-0.39, 0.29) is 11.6 Å². The number of benzene rings is 1. The van der Waals surface area contributed by atoms with Crippen molar-refractivity contribution in [3.8, 4) is 10.6 Å². The van der Waals surface area contributed by atoms with Crippen LogP contribution in [0.2, 0.25) is 0 Å². The third-order valence-electron chi connectivity index (χ3n) is 2.98. The van der Waals surface area contributed by atoms with Gasteiger partial charge in [0.25, 0.3) is 5.91 Å². The van der Waals surface area contributed by atoms with Gasteiger partial charge >= 0.3 is 5.97 Å². The van der Waals surface area contributed by atoms with Crippen molar-refractivity contribution in [3.63, 3.8) is 0 Å². The number of amides is 1. The zero-order valence-electron chi connectivity index (χ0n) is 11.7. The lowest BCUT2D eigenvalue weighted by Gasteiger charge is -2.16. The van der Waals surface area contributed by atoms with Crippen molar-refractivity contribution in [3.05, 3.63) is 41.4 Å². The van der Waals surface area contributed by atoms with Crippen molar-refractivity contribution in [2.45, 2.75) is 19.9 Å². The van der Waals surface area contributed by atoms with Gasteiger partial charge in [0.05, 0.1) is 0 Å². The Bertz CT molecular complexity index is 637. The largest absolute Gasteiger partial charge is 0.480 e. The van der Waals surface area contributed by atoms with E-state index < -0.39 is 17.9 Å². The standard InChI is InChI=1S/C15H16N2O3S/c1-9(2)12(15(19)20)17-13(18)11-8-21-14(16-11)10-6-4-3-5-7-10/h3-9,12H,1-2H3,(H,17,18)(H,19,20). The summed E-state index contributed by atoms with van der Waals surface area (Å²) in [5, 5.41) is 14.0. The molecular formula is C15H16N2O3S. The maximum atomic E-state index is 12.1. The molecule has 0 aliphatic rings. The highest BCUT2D eigenvalue weighted by Gasteiger charge is 2.25. The van der Waals surface area contributed by atoms with Gasteiger partial charge in [0.1, 0.15) is 16.7 Å². The Morgan fingerprint density at radius 1 is 1.24 bits per heavy atom. The number of carbonyl (C=O) groups excluding carboxylic acids is 1. The van der Waals surface area contributed by atoms with Gasteiger partial charge in [-0.1, -0.05) is 44.2 Å². The highest BCUT2D eigenvalue weighted by molar-refractivity contribution is 7.13. The van der Waals surface area contributed by atoms with E-state index in [4.69, 9.17) is 5.11 Å². The second-order valence-corrected chi connectivity index (χ2v) is 5.80. The first-order valence-electron chi connectivity index (χ1n) is 6.53. The predicted octanol–water partition coefficient (Wildman–Crippen LogP) is 2.65. The fourth-order valence-electron chi connectivity index (χ4n) is 1.82. The molecule has 2 rings (SSSR count). The number of hydrogen-bond acceptors (Lipinski definition) is 4. The number of nitrogens with one attached hydrogen (secondary N) is 1. The number of hydrogen-bond donors (Lipinski definition) is 2. The van der Waals surface area contributed by atoms with Crippen molar-refractivity contribution >= 4 is 23.2 Å². The van der Waals surface area contributed by atoms with Gasteiger partial charge in [0.15, 0.2) is 0 Å². The zero-order chi connectivity index (χ0) is 15.4. The van der Waals surface area contributed by atoms with E-state index in [1.54, 1.807) is 19.2 Å². The Morgan fingerprint density at radius 2 is 1.90 bits per heavy atom. The number of aliphatic carboxylic acids is 1. The van der Waals surface area contributed by atoms with E-state index in [2.05, 4.69) is 10.3 Å². The molecule has 110 valence electrons. The summed E-state index contributed by atoms with van der Waals surface area (Å²) in [6.07, 6.45) is 0. The molecule has 1 heterocycles. The van der Waals surface area contributed by atoms with Crippen LogP contribution in [0, 0.1) is 5.92 Å². The van der Waals surface area contributed by atoms with Gasteiger partial charge in [-0.25, -0.2) is 9.78 Å². The molecule has 0 aliphatic carbocycles. The number of carboxylic acid groups (broad SMARTS) is 1. The summed E-state index contributed by atoms with van der Waals surface area (Å²) in [6, 6.07) is 8.61. The molecule has 0 saturated heterocycles. The van der Waals surface area contributed by atoms with E-state index in [0.717, 1.165) is 10.6 Å². The summed E-state index contributed by atoms with van der Waals surface area (Å²) < 4.78 is 0. The van der Waals surface area contributed by atoms with Crippen molar-refractivity contribution in [2.24, 2.45) is 5.92 Å². The summed E-state index contributed by atoms with van der Waals surface area (Å²) in [5.41, 5.74) is 1.17. The molecule has 1 aromatic heterocycles. The van der Waals surface area contributed by atoms with Crippen LogP contribution in [0.25, 0.3) is 10.6 Å². The Hall–Kier alpha value is -2.21. The molecule has 2 N–H and O–H groups in total. The van der Waals surface area contributed by atoms with Gasteiger partial charge in [-0.15, -0.1) is 11.3 Å². The van der Waals surface area contributed by atoms with E-state index in [1.165, 1.54) is 11.3 Å². The quantitative estimate of drug-likeness (QED) is 0.890. The molecule has 5 nitrogen and oxygen atoms in total. The van der Waals surface area contributed by atoms with Crippen LogP contribution in [0.3, 0.4) is 0 Å². The molecule has 6 heteroatoms. The van der Waals surface area contributed by atoms with Crippen LogP contribution in [0.5, 0.6) is 0 Å². The molecule has 0 aliphatic heterocycles. The van der Waals surface area contributed by atoms with Crippen LogP contribution in [0.4, 0.5) is 0 Å². The topological polar surface area (TPSA) is 79.3 Å². The van der Waals surface area contributed by atoms with E-state index in [1.807, 2.05) is 30.3 Å². The van der Waals surface area contributed by atoms with E-state index >= 15 is 0 Å². The van der Waals surface area contributed by atoms with Crippen molar-refractivity contribution in [1.82, 2.24) is 10.3 Å². The molecule has 1 amide bonds. The highest BCUT2D eigenvalue weighted by Crippen LogP contribution is 2.23. The molecule has 0 spiro atoms. The fraction of sp³-hybridized carbons (Fsp3) is 0.267. The minimum atomic E-state index is -1.04. The van der Waals surface area contributed by atoms with E-state index in [9.17, 15) is 9.59 Å². The molecule has 0 bridgehead atoms. The third kappa shape index (κ3) is 3.66. The molecular weight excluding hydrogens is 288 g/mol. The van der Waals surface area contributed by atoms with Crippen LogP contribution in [-0.4, -0.2) is 28.0 Å². The number of nitrogens with zero attached hydrogens (tertiary/aromatic N) is 1. The summed E-state index contributed by atoms with van der Waals surface area (Å²) in [6.45, 7) is 3.49. The molecule has 1 atom stereocenters. The lowest BCUT2D eigenvalue weighted by atomic mass is 10.0. The Kier molecular flexibility index (Phi) is 4.70. The maximum absolute atomic E-state index is 12.1. The van der Waals surface area contributed by atoms with Crippen molar-refractivity contribution in [1.29, 1.82) is 0 Å². The Balaban J connectivity index is 2.14. The number of carboxylic acids is 1. The minimum Gasteiger partial charge on any atom is -0.480 e. The average Bonchev–Trinajstić information content (AvgIpc) is 2.94. The predicted molar refractivity (Wildman–Crippen MR) is 81.3 cm³/mol. The molecule has 0 fully saturated rings. The van der Waals surface area contributed by atoms with Crippen LogP contribution in [0.15, 0.2) is 35.7 Å². The molecule has 0 radical (unpaired) electrons. The third-order valence-corrected chi connectivity index (χ3v) is 3.87. The molecule has 21 heavy (non-hydrogen) atoms. The zero-order valence-corrected chi connectivity index (χ0v) is 12.6. The summed E-state index contributed by atoms with van der Waals surface area (Å²) >= 11 is 1.36. The number of aromatic nitrogens is 1. The molecule has 1 aromatic carbocycles. The molecule has 1 unspecified atom stereocenters.